The van der Waals surface area contributed by atoms with Crippen LogP contribution in [0.25, 0.3) is 16.6 Å². The van der Waals surface area contributed by atoms with Crippen LogP contribution in [-0.2, 0) is 0 Å². The van der Waals surface area contributed by atoms with E-state index in [2.05, 4.69) is 28.2 Å². The minimum Gasteiger partial charge on any atom is -0.492 e. The number of anilines is 1. The Morgan fingerprint density at radius 1 is 1.24 bits per heavy atom. The molecule has 3 atom stereocenters. The number of nitriles is 1. The van der Waals surface area contributed by atoms with Crippen LogP contribution in [0.5, 0.6) is 5.75 Å². The van der Waals surface area contributed by atoms with E-state index in [0.717, 1.165) is 54.1 Å². The molecule has 0 spiro atoms. The smallest absolute Gasteiger partial charge is 0.138 e. The number of hydrogen-bond acceptors (Lipinski definition) is 6. The molecule has 0 bridgehead atoms. The van der Waals surface area contributed by atoms with Crippen molar-refractivity contribution in [2.75, 3.05) is 24.6 Å². The Morgan fingerprint density at radius 2 is 2.03 bits per heavy atom. The standard InChI is InChI=1S/C22H24N6O/c1-2-29-19-7-20(22-17(8-23)10-26-28(22)13-19)14-3-4-21(25-9-14)27-11-15-5-18(24)6-16(15)12-27/h3-4,7,9-10,13,15-16,18H,2,5-6,11-12,24H2,1H3/t15-,16+,18?. The summed E-state index contributed by atoms with van der Waals surface area (Å²) in [7, 11) is 0. The molecule has 3 aromatic heterocycles. The Bertz CT molecular complexity index is 1070. The Kier molecular flexibility index (Phi) is 4.36. The van der Waals surface area contributed by atoms with Gasteiger partial charge in [-0.2, -0.15) is 10.4 Å². The second-order valence-corrected chi connectivity index (χ2v) is 8.05. The molecule has 2 N–H and O–H groups in total. The van der Waals surface area contributed by atoms with Gasteiger partial charge in [-0.3, -0.25) is 0 Å². The molecule has 3 aromatic rings. The highest BCUT2D eigenvalue weighted by molar-refractivity contribution is 5.85. The van der Waals surface area contributed by atoms with Crippen LogP contribution in [-0.4, -0.2) is 40.3 Å². The van der Waals surface area contributed by atoms with Gasteiger partial charge in [-0.05, 0) is 49.8 Å². The van der Waals surface area contributed by atoms with Gasteiger partial charge in [-0.1, -0.05) is 0 Å². The predicted molar refractivity (Wildman–Crippen MR) is 111 cm³/mol. The average molecular weight is 388 g/mol. The van der Waals surface area contributed by atoms with Gasteiger partial charge in [0.05, 0.1) is 30.1 Å². The summed E-state index contributed by atoms with van der Waals surface area (Å²) in [5, 5.41) is 13.8. The molecule has 1 saturated heterocycles. The molecule has 29 heavy (non-hydrogen) atoms. The highest BCUT2D eigenvalue weighted by Crippen LogP contribution is 2.39. The molecule has 1 aliphatic carbocycles. The van der Waals surface area contributed by atoms with Crippen molar-refractivity contribution in [3.63, 3.8) is 0 Å². The predicted octanol–water partition coefficient (Wildman–Crippen LogP) is 2.84. The number of aromatic nitrogens is 3. The van der Waals surface area contributed by atoms with E-state index in [9.17, 15) is 5.26 Å². The first kappa shape index (κ1) is 18.0. The molecule has 2 fully saturated rings. The summed E-state index contributed by atoms with van der Waals surface area (Å²) in [6, 6.07) is 8.70. The summed E-state index contributed by atoms with van der Waals surface area (Å²) in [6.45, 7) is 4.59. The van der Waals surface area contributed by atoms with Gasteiger partial charge in [0.2, 0.25) is 0 Å². The molecule has 7 heteroatoms. The van der Waals surface area contributed by atoms with Crippen LogP contribution in [0.15, 0.2) is 36.8 Å². The zero-order chi connectivity index (χ0) is 20.0. The molecule has 1 unspecified atom stereocenters. The topological polar surface area (TPSA) is 92.5 Å². The van der Waals surface area contributed by atoms with Crippen LogP contribution < -0.4 is 15.4 Å². The maximum absolute atomic E-state index is 9.49. The van der Waals surface area contributed by atoms with E-state index in [1.807, 2.05) is 19.2 Å². The first-order chi connectivity index (χ1) is 14.2. The number of fused-ring (bicyclic) bond motifs is 2. The molecule has 4 heterocycles. The minimum absolute atomic E-state index is 0.368. The fourth-order valence-corrected chi connectivity index (χ4v) is 4.91. The number of rotatable bonds is 4. The number of pyridine rings is 2. The van der Waals surface area contributed by atoms with E-state index in [0.29, 0.717) is 30.0 Å². The van der Waals surface area contributed by atoms with Gasteiger partial charge in [-0.25, -0.2) is 9.50 Å². The van der Waals surface area contributed by atoms with E-state index in [1.54, 1.807) is 16.9 Å². The molecule has 0 aromatic carbocycles. The van der Waals surface area contributed by atoms with Crippen LogP contribution in [0.4, 0.5) is 5.82 Å². The Hall–Kier alpha value is -3.11. The molecule has 148 valence electrons. The zero-order valence-electron chi connectivity index (χ0n) is 16.5. The summed E-state index contributed by atoms with van der Waals surface area (Å²) in [5.41, 5.74) is 9.26. The quantitative estimate of drug-likeness (QED) is 0.739. The number of nitrogens with zero attached hydrogens (tertiary/aromatic N) is 5. The lowest BCUT2D eigenvalue weighted by molar-refractivity contribution is 0.338. The first-order valence-corrected chi connectivity index (χ1v) is 10.2. The summed E-state index contributed by atoms with van der Waals surface area (Å²) < 4.78 is 7.40. The normalized spacial score (nSPS) is 23.3. The molecule has 2 aliphatic rings. The Labute approximate surface area is 169 Å². The van der Waals surface area contributed by atoms with E-state index < -0.39 is 0 Å². The average Bonchev–Trinajstić information content (AvgIpc) is 3.40. The molecule has 7 nitrogen and oxygen atoms in total. The fourth-order valence-electron chi connectivity index (χ4n) is 4.91. The van der Waals surface area contributed by atoms with Crippen molar-refractivity contribution >= 4 is 11.3 Å². The molecule has 5 rings (SSSR count). The zero-order valence-corrected chi connectivity index (χ0v) is 16.5. The van der Waals surface area contributed by atoms with Crippen molar-refractivity contribution < 1.29 is 4.74 Å². The van der Waals surface area contributed by atoms with Crippen molar-refractivity contribution in [2.45, 2.75) is 25.8 Å². The third-order valence-corrected chi connectivity index (χ3v) is 6.19. The summed E-state index contributed by atoms with van der Waals surface area (Å²) in [4.78, 5) is 7.12. The van der Waals surface area contributed by atoms with Gasteiger partial charge in [0.25, 0.3) is 0 Å². The monoisotopic (exact) mass is 388 g/mol. The number of nitrogens with two attached hydrogens (primary N) is 1. The second-order valence-electron chi connectivity index (χ2n) is 8.05. The van der Waals surface area contributed by atoms with Crippen LogP contribution in [0.1, 0.15) is 25.3 Å². The summed E-state index contributed by atoms with van der Waals surface area (Å²) >= 11 is 0. The van der Waals surface area contributed by atoms with E-state index in [4.69, 9.17) is 15.5 Å². The minimum atomic E-state index is 0.368. The molecule has 0 radical (unpaired) electrons. The van der Waals surface area contributed by atoms with Crippen LogP contribution in [0, 0.1) is 23.2 Å². The van der Waals surface area contributed by atoms with Crippen molar-refractivity contribution in [1.82, 2.24) is 14.6 Å². The van der Waals surface area contributed by atoms with Crippen molar-refractivity contribution in [3.05, 3.63) is 42.4 Å². The fraction of sp³-hybridized carbons (Fsp3) is 0.409. The highest BCUT2D eigenvalue weighted by atomic mass is 16.5. The van der Waals surface area contributed by atoms with Gasteiger partial charge in [0, 0.05) is 36.5 Å². The summed E-state index contributed by atoms with van der Waals surface area (Å²) in [5.74, 6) is 3.11. The van der Waals surface area contributed by atoms with E-state index in [-0.39, 0.29) is 0 Å². The van der Waals surface area contributed by atoms with Crippen LogP contribution in [0.3, 0.4) is 0 Å². The molecule has 1 aliphatic heterocycles. The van der Waals surface area contributed by atoms with E-state index >= 15 is 0 Å². The Balaban J connectivity index is 1.48. The lowest BCUT2D eigenvalue weighted by atomic mass is 10.0. The van der Waals surface area contributed by atoms with Crippen molar-refractivity contribution in [3.8, 4) is 22.9 Å². The van der Waals surface area contributed by atoms with Gasteiger partial charge >= 0.3 is 0 Å². The Morgan fingerprint density at radius 3 is 2.69 bits per heavy atom. The molecular weight excluding hydrogens is 364 g/mol. The maximum Gasteiger partial charge on any atom is 0.138 e. The molecular formula is C22H24N6O. The third-order valence-electron chi connectivity index (χ3n) is 6.19. The highest BCUT2D eigenvalue weighted by Gasteiger charge is 2.39. The van der Waals surface area contributed by atoms with Gasteiger partial charge in [-0.15, -0.1) is 0 Å². The van der Waals surface area contributed by atoms with Gasteiger partial charge in [0.1, 0.15) is 17.6 Å². The first-order valence-electron chi connectivity index (χ1n) is 10.2. The van der Waals surface area contributed by atoms with Crippen LogP contribution >= 0.6 is 0 Å². The van der Waals surface area contributed by atoms with Crippen LogP contribution in [0.2, 0.25) is 0 Å². The third kappa shape index (κ3) is 3.10. The summed E-state index contributed by atoms with van der Waals surface area (Å²) in [6.07, 6.45) is 7.52. The largest absolute Gasteiger partial charge is 0.492 e. The lowest BCUT2D eigenvalue weighted by Gasteiger charge is -2.19. The number of ether oxygens (including phenoxy) is 1. The SMILES string of the molecule is CCOc1cc(-c2ccc(N3C[C@H]4CC(N)C[C@H]4C3)nc2)c2c(C#N)cnn2c1. The molecule has 1 saturated carbocycles. The van der Waals surface area contributed by atoms with Gasteiger partial charge < -0.3 is 15.4 Å². The second kappa shape index (κ2) is 7.05. The van der Waals surface area contributed by atoms with Crippen molar-refractivity contribution in [2.24, 2.45) is 17.6 Å². The van der Waals surface area contributed by atoms with E-state index in [1.165, 1.54) is 0 Å². The number of hydrogen-bond donors (Lipinski definition) is 1. The molecule has 0 amide bonds. The van der Waals surface area contributed by atoms with Crippen molar-refractivity contribution in [1.29, 1.82) is 5.26 Å². The van der Waals surface area contributed by atoms with Gasteiger partial charge in [0.15, 0.2) is 0 Å². The lowest BCUT2D eigenvalue weighted by Crippen LogP contribution is -2.25. The maximum atomic E-state index is 9.49.